The molecule has 100 valence electrons. The lowest BCUT2D eigenvalue weighted by molar-refractivity contribution is -0.133. The largest absolute Gasteiger partial charge is 0.359 e. The minimum atomic E-state index is 0.141. The molecule has 1 aliphatic carbocycles. The van der Waals surface area contributed by atoms with E-state index < -0.39 is 0 Å². The van der Waals surface area contributed by atoms with E-state index in [1.165, 1.54) is 5.56 Å². The lowest BCUT2D eigenvalue weighted by Crippen LogP contribution is -2.58. The van der Waals surface area contributed by atoms with Gasteiger partial charge < -0.3 is 5.32 Å². The van der Waals surface area contributed by atoms with E-state index >= 15 is 0 Å². The normalized spacial score (nSPS) is 26.2. The van der Waals surface area contributed by atoms with Gasteiger partial charge in [-0.25, -0.2) is 0 Å². The second kappa shape index (κ2) is 5.29. The Labute approximate surface area is 119 Å². The Bertz CT molecular complexity index is 488. The van der Waals surface area contributed by atoms with Crippen molar-refractivity contribution in [2.75, 3.05) is 6.54 Å². The van der Waals surface area contributed by atoms with Crippen molar-refractivity contribution in [1.82, 2.24) is 10.2 Å². The van der Waals surface area contributed by atoms with Crippen molar-refractivity contribution >= 4 is 23.2 Å². The highest BCUT2D eigenvalue weighted by Crippen LogP contribution is 2.30. The van der Waals surface area contributed by atoms with Gasteiger partial charge in [-0.1, -0.05) is 36.8 Å². The minimum Gasteiger partial charge on any atom is -0.359 e. The number of thiocarbonyl (C=S) groups is 1. The Morgan fingerprint density at radius 3 is 2.84 bits per heavy atom. The monoisotopic (exact) mass is 274 g/mol. The number of rotatable bonds is 3. The van der Waals surface area contributed by atoms with Crippen LogP contribution in [0.25, 0.3) is 0 Å². The van der Waals surface area contributed by atoms with Gasteiger partial charge in [0.25, 0.3) is 0 Å². The third-order valence-electron chi connectivity index (χ3n) is 4.12. The van der Waals surface area contributed by atoms with Crippen molar-refractivity contribution in [2.24, 2.45) is 5.92 Å². The van der Waals surface area contributed by atoms with Crippen molar-refractivity contribution in [3.63, 3.8) is 0 Å². The Hall–Kier alpha value is -1.42. The number of hydrogen-bond donors (Lipinski definition) is 1. The number of amides is 1. The molecule has 1 saturated heterocycles. The van der Waals surface area contributed by atoms with Crippen molar-refractivity contribution in [3.8, 4) is 0 Å². The van der Waals surface area contributed by atoms with Crippen LogP contribution in [0.4, 0.5) is 0 Å². The molecule has 2 aliphatic rings. The van der Waals surface area contributed by atoms with Crippen LogP contribution in [0.5, 0.6) is 0 Å². The molecule has 1 aromatic rings. The molecule has 19 heavy (non-hydrogen) atoms. The molecule has 1 aliphatic heterocycles. The Kier molecular flexibility index (Phi) is 3.51. The molecule has 1 N–H and O–H groups in total. The van der Waals surface area contributed by atoms with Crippen molar-refractivity contribution in [2.45, 2.75) is 31.7 Å². The lowest BCUT2D eigenvalue weighted by Gasteiger charge is -2.36. The maximum absolute atomic E-state index is 12.4. The highest BCUT2D eigenvalue weighted by atomic mass is 32.1. The summed E-state index contributed by atoms with van der Waals surface area (Å²) in [6.45, 7) is 0.678. The third kappa shape index (κ3) is 2.50. The van der Waals surface area contributed by atoms with E-state index in [9.17, 15) is 4.79 Å². The molecule has 1 heterocycles. The molecule has 1 amide bonds. The van der Waals surface area contributed by atoms with Crippen molar-refractivity contribution in [3.05, 3.63) is 35.9 Å². The number of hydrogen-bond acceptors (Lipinski definition) is 2. The first-order chi connectivity index (χ1) is 9.25. The fourth-order valence-corrected chi connectivity index (χ4v) is 3.40. The van der Waals surface area contributed by atoms with Gasteiger partial charge in [-0.3, -0.25) is 9.69 Å². The van der Waals surface area contributed by atoms with E-state index in [1.807, 2.05) is 18.2 Å². The summed E-state index contributed by atoms with van der Waals surface area (Å²) >= 11 is 5.34. The number of fused-ring (bicyclic) bond motifs is 1. The standard InChI is InChI=1S/C15H18N2OS/c18-14-12-7-4-8-13(12)16-15(19)17(14)10-9-11-5-2-1-3-6-11/h1-3,5-6,12-13H,4,7-10H2,(H,16,19)/t12-,13+/m1/s1. The quantitative estimate of drug-likeness (QED) is 0.857. The highest BCUT2D eigenvalue weighted by molar-refractivity contribution is 7.80. The minimum absolute atomic E-state index is 0.141. The van der Waals surface area contributed by atoms with Gasteiger partial charge in [-0.05, 0) is 37.0 Å². The fourth-order valence-electron chi connectivity index (χ4n) is 3.06. The zero-order chi connectivity index (χ0) is 13.2. The molecular weight excluding hydrogens is 256 g/mol. The van der Waals surface area contributed by atoms with Gasteiger partial charge in [0, 0.05) is 12.6 Å². The van der Waals surface area contributed by atoms with Crippen molar-refractivity contribution < 1.29 is 4.79 Å². The molecule has 3 rings (SSSR count). The molecule has 3 nitrogen and oxygen atoms in total. The summed E-state index contributed by atoms with van der Waals surface area (Å²) in [5.41, 5.74) is 1.24. The summed E-state index contributed by atoms with van der Waals surface area (Å²) in [5.74, 6) is 0.365. The van der Waals surface area contributed by atoms with Crippen LogP contribution in [0, 0.1) is 5.92 Å². The van der Waals surface area contributed by atoms with E-state index in [0.29, 0.717) is 11.7 Å². The maximum atomic E-state index is 12.4. The van der Waals surface area contributed by atoms with E-state index in [1.54, 1.807) is 4.90 Å². The van der Waals surface area contributed by atoms with Gasteiger partial charge in [0.15, 0.2) is 5.11 Å². The predicted molar refractivity (Wildman–Crippen MR) is 78.7 cm³/mol. The van der Waals surface area contributed by atoms with Crippen LogP contribution in [0.15, 0.2) is 30.3 Å². The van der Waals surface area contributed by atoms with Gasteiger partial charge in [0.2, 0.25) is 5.91 Å². The molecule has 0 bridgehead atoms. The number of carbonyl (C=O) groups excluding carboxylic acids is 1. The third-order valence-corrected chi connectivity index (χ3v) is 4.46. The fraction of sp³-hybridized carbons (Fsp3) is 0.467. The molecule has 0 aromatic heterocycles. The summed E-state index contributed by atoms with van der Waals surface area (Å²) in [5, 5.41) is 3.95. The van der Waals surface area contributed by atoms with Gasteiger partial charge in [-0.15, -0.1) is 0 Å². The first-order valence-corrected chi connectivity index (χ1v) is 7.32. The average molecular weight is 274 g/mol. The molecule has 2 fully saturated rings. The maximum Gasteiger partial charge on any atom is 0.233 e. The highest BCUT2D eigenvalue weighted by Gasteiger charge is 2.41. The summed E-state index contributed by atoms with van der Waals surface area (Å²) in [6.07, 6.45) is 4.05. The molecule has 0 unspecified atom stereocenters. The first kappa shape index (κ1) is 12.6. The Balaban J connectivity index is 1.66. The topological polar surface area (TPSA) is 32.3 Å². The van der Waals surface area contributed by atoms with Crippen LogP contribution in [-0.4, -0.2) is 28.5 Å². The van der Waals surface area contributed by atoms with E-state index in [-0.39, 0.29) is 17.9 Å². The summed E-state index contributed by atoms with van der Waals surface area (Å²) in [4.78, 5) is 14.2. The molecule has 1 saturated carbocycles. The van der Waals surface area contributed by atoms with E-state index in [2.05, 4.69) is 17.4 Å². The number of benzene rings is 1. The Morgan fingerprint density at radius 1 is 1.26 bits per heavy atom. The molecular formula is C15H18N2OS. The molecule has 4 heteroatoms. The zero-order valence-electron chi connectivity index (χ0n) is 10.8. The second-order valence-corrected chi connectivity index (χ2v) is 5.71. The predicted octanol–water partition coefficient (Wildman–Crippen LogP) is 2.11. The SMILES string of the molecule is O=C1[C@@H]2CCC[C@@H]2NC(=S)N1CCc1ccccc1. The van der Waals surface area contributed by atoms with Crippen LogP contribution >= 0.6 is 12.2 Å². The summed E-state index contributed by atoms with van der Waals surface area (Å²) < 4.78 is 0. The van der Waals surface area contributed by atoms with Crippen LogP contribution in [0.3, 0.4) is 0 Å². The zero-order valence-corrected chi connectivity index (χ0v) is 11.7. The van der Waals surface area contributed by atoms with Gasteiger partial charge in [-0.2, -0.15) is 0 Å². The lowest BCUT2D eigenvalue weighted by atomic mass is 9.99. The smallest absolute Gasteiger partial charge is 0.233 e. The van der Waals surface area contributed by atoms with E-state index in [4.69, 9.17) is 12.2 Å². The van der Waals surface area contributed by atoms with E-state index in [0.717, 1.165) is 25.7 Å². The number of nitrogens with one attached hydrogen (secondary N) is 1. The van der Waals surface area contributed by atoms with Gasteiger partial charge >= 0.3 is 0 Å². The number of carbonyl (C=O) groups is 1. The van der Waals surface area contributed by atoms with Crippen LogP contribution in [0.2, 0.25) is 0 Å². The average Bonchev–Trinajstić information content (AvgIpc) is 2.88. The van der Waals surface area contributed by atoms with Crippen molar-refractivity contribution in [1.29, 1.82) is 0 Å². The van der Waals surface area contributed by atoms with Gasteiger partial charge in [0.05, 0.1) is 5.92 Å². The van der Waals surface area contributed by atoms with Crippen LogP contribution < -0.4 is 5.32 Å². The summed E-state index contributed by atoms with van der Waals surface area (Å²) in [6, 6.07) is 10.5. The molecule has 1 aromatic carbocycles. The summed E-state index contributed by atoms with van der Waals surface area (Å²) in [7, 11) is 0. The Morgan fingerprint density at radius 2 is 2.05 bits per heavy atom. The number of nitrogens with zero attached hydrogens (tertiary/aromatic N) is 1. The first-order valence-electron chi connectivity index (χ1n) is 6.91. The van der Waals surface area contributed by atoms with Crippen LogP contribution in [-0.2, 0) is 11.2 Å². The second-order valence-electron chi connectivity index (χ2n) is 5.32. The van der Waals surface area contributed by atoms with Crippen LogP contribution in [0.1, 0.15) is 24.8 Å². The molecule has 2 atom stereocenters. The molecule has 0 spiro atoms. The molecule has 0 radical (unpaired) electrons. The van der Waals surface area contributed by atoms with Gasteiger partial charge in [0.1, 0.15) is 0 Å².